The molecule has 1 saturated heterocycles. The van der Waals surface area contributed by atoms with Crippen molar-refractivity contribution in [3.8, 4) is 0 Å². The molecule has 3 aromatic rings. The Balaban J connectivity index is 1.50. The van der Waals surface area contributed by atoms with Crippen LogP contribution in [0.3, 0.4) is 0 Å². The maximum absolute atomic E-state index is 6.04. The first-order valence-electron chi connectivity index (χ1n) is 7.30. The lowest BCUT2D eigenvalue weighted by Crippen LogP contribution is -2.33. The Morgan fingerprint density at radius 3 is 2.82 bits per heavy atom. The number of halogens is 1. The summed E-state index contributed by atoms with van der Waals surface area (Å²) in [6.07, 6.45) is 2.10. The highest BCUT2D eigenvalue weighted by molar-refractivity contribution is 7.18. The van der Waals surface area contributed by atoms with Crippen LogP contribution in [0.25, 0.3) is 10.2 Å². The lowest BCUT2D eigenvalue weighted by atomic mass is 9.98. The molecule has 0 spiro atoms. The third kappa shape index (κ3) is 2.57. The molecule has 0 unspecified atom stereocenters. The van der Waals surface area contributed by atoms with Crippen LogP contribution in [0, 0.1) is 6.92 Å². The van der Waals surface area contributed by atoms with E-state index in [1.165, 1.54) is 9.71 Å². The van der Waals surface area contributed by atoms with Crippen molar-refractivity contribution in [3.05, 3.63) is 34.1 Å². The van der Waals surface area contributed by atoms with E-state index >= 15 is 0 Å². The standard InChI is InChI=1S/C15H15ClN4OS/c1-9-18-19-15(21-9)20-6-4-10(5-7-20)14-17-12-8-11(16)2-3-13(12)22-14/h2-3,8,10H,4-7H2,1H3. The molecule has 2 aromatic heterocycles. The monoisotopic (exact) mass is 334 g/mol. The molecule has 1 aromatic carbocycles. The summed E-state index contributed by atoms with van der Waals surface area (Å²) in [5.74, 6) is 1.11. The minimum absolute atomic E-state index is 0.497. The molecule has 0 amide bonds. The third-order valence-corrected chi connectivity index (χ3v) is 5.43. The third-order valence-electron chi connectivity index (χ3n) is 4.00. The molecule has 5 nitrogen and oxygen atoms in total. The zero-order valence-electron chi connectivity index (χ0n) is 12.1. The van der Waals surface area contributed by atoms with Crippen molar-refractivity contribution in [1.29, 1.82) is 0 Å². The van der Waals surface area contributed by atoms with E-state index in [1.807, 2.05) is 19.1 Å². The quantitative estimate of drug-likeness (QED) is 0.708. The molecule has 22 heavy (non-hydrogen) atoms. The van der Waals surface area contributed by atoms with Crippen LogP contribution in [0.15, 0.2) is 22.6 Å². The minimum Gasteiger partial charge on any atom is -0.408 e. The maximum atomic E-state index is 6.04. The van der Waals surface area contributed by atoms with Crippen molar-refractivity contribution >= 4 is 39.2 Å². The Bertz CT molecular complexity index is 807. The highest BCUT2D eigenvalue weighted by Crippen LogP contribution is 2.35. The minimum atomic E-state index is 0.497. The number of aryl methyl sites for hydroxylation is 1. The first kappa shape index (κ1) is 14.0. The predicted octanol–water partition coefficient (Wildman–Crippen LogP) is 4.03. The highest BCUT2D eigenvalue weighted by atomic mass is 35.5. The van der Waals surface area contributed by atoms with Crippen LogP contribution in [-0.4, -0.2) is 28.3 Å². The molecule has 0 bridgehead atoms. The number of benzene rings is 1. The SMILES string of the molecule is Cc1nnc(N2CCC(c3nc4cc(Cl)ccc4s3)CC2)o1. The van der Waals surface area contributed by atoms with E-state index in [0.717, 1.165) is 36.5 Å². The van der Waals surface area contributed by atoms with Crippen LogP contribution in [0.2, 0.25) is 5.02 Å². The van der Waals surface area contributed by atoms with Gasteiger partial charge in [-0.25, -0.2) is 4.98 Å². The molecule has 0 radical (unpaired) electrons. The molecule has 4 rings (SSSR count). The van der Waals surface area contributed by atoms with E-state index in [1.54, 1.807) is 11.3 Å². The van der Waals surface area contributed by atoms with Crippen LogP contribution >= 0.6 is 22.9 Å². The van der Waals surface area contributed by atoms with Gasteiger partial charge in [0.25, 0.3) is 0 Å². The van der Waals surface area contributed by atoms with Crippen LogP contribution in [0.4, 0.5) is 6.01 Å². The van der Waals surface area contributed by atoms with Crippen LogP contribution in [0.5, 0.6) is 0 Å². The Hall–Kier alpha value is -1.66. The Kier molecular flexibility index (Phi) is 3.50. The molecule has 1 aliphatic heterocycles. The van der Waals surface area contributed by atoms with Crippen molar-refractivity contribution in [2.45, 2.75) is 25.7 Å². The van der Waals surface area contributed by atoms with Gasteiger partial charge in [0.1, 0.15) is 0 Å². The summed E-state index contributed by atoms with van der Waals surface area (Å²) >= 11 is 7.81. The van der Waals surface area contributed by atoms with Crippen LogP contribution in [0.1, 0.15) is 29.7 Å². The molecule has 0 saturated carbocycles. The summed E-state index contributed by atoms with van der Waals surface area (Å²) in [6, 6.07) is 6.54. The number of hydrogen-bond donors (Lipinski definition) is 0. The van der Waals surface area contributed by atoms with Gasteiger partial charge in [0.2, 0.25) is 5.89 Å². The summed E-state index contributed by atoms with van der Waals surface area (Å²) in [6.45, 7) is 3.65. The van der Waals surface area contributed by atoms with E-state index in [4.69, 9.17) is 21.0 Å². The lowest BCUT2D eigenvalue weighted by molar-refractivity contribution is 0.448. The molecule has 0 N–H and O–H groups in total. The van der Waals surface area contributed by atoms with Crippen molar-refractivity contribution in [1.82, 2.24) is 15.2 Å². The van der Waals surface area contributed by atoms with Crippen LogP contribution in [-0.2, 0) is 0 Å². The fraction of sp³-hybridized carbons (Fsp3) is 0.400. The molecule has 0 aliphatic carbocycles. The van der Waals surface area contributed by atoms with Gasteiger partial charge < -0.3 is 9.32 Å². The topological polar surface area (TPSA) is 55.1 Å². The van der Waals surface area contributed by atoms with Gasteiger partial charge in [-0.15, -0.1) is 16.4 Å². The number of rotatable bonds is 2. The van der Waals surface area contributed by atoms with Gasteiger partial charge in [0.05, 0.1) is 15.2 Å². The second kappa shape index (κ2) is 5.52. The highest BCUT2D eigenvalue weighted by Gasteiger charge is 2.25. The number of hydrogen-bond acceptors (Lipinski definition) is 6. The van der Waals surface area contributed by atoms with E-state index in [-0.39, 0.29) is 0 Å². The average Bonchev–Trinajstić information content (AvgIpc) is 3.13. The van der Waals surface area contributed by atoms with Crippen molar-refractivity contribution < 1.29 is 4.42 Å². The number of thiazole rings is 1. The number of piperidine rings is 1. The molecule has 3 heterocycles. The van der Waals surface area contributed by atoms with E-state index in [9.17, 15) is 0 Å². The smallest absolute Gasteiger partial charge is 0.318 e. The van der Waals surface area contributed by atoms with Gasteiger partial charge in [-0.1, -0.05) is 16.7 Å². The number of nitrogens with zero attached hydrogens (tertiary/aromatic N) is 4. The van der Waals surface area contributed by atoms with Gasteiger partial charge >= 0.3 is 6.01 Å². The average molecular weight is 335 g/mol. The molecule has 114 valence electrons. The van der Waals surface area contributed by atoms with Crippen LogP contribution < -0.4 is 4.90 Å². The van der Waals surface area contributed by atoms with Gasteiger partial charge in [0.15, 0.2) is 0 Å². The largest absolute Gasteiger partial charge is 0.408 e. The lowest BCUT2D eigenvalue weighted by Gasteiger charge is -2.29. The Morgan fingerprint density at radius 1 is 1.27 bits per heavy atom. The van der Waals surface area contributed by atoms with E-state index < -0.39 is 0 Å². The van der Waals surface area contributed by atoms with E-state index in [0.29, 0.717) is 17.8 Å². The normalized spacial score (nSPS) is 16.5. The first-order valence-corrected chi connectivity index (χ1v) is 8.49. The summed E-state index contributed by atoms with van der Waals surface area (Å²) in [7, 11) is 0. The van der Waals surface area contributed by atoms with Crippen molar-refractivity contribution in [3.63, 3.8) is 0 Å². The number of anilines is 1. The molecular weight excluding hydrogens is 320 g/mol. The van der Waals surface area contributed by atoms with Crippen molar-refractivity contribution in [2.75, 3.05) is 18.0 Å². The van der Waals surface area contributed by atoms with Gasteiger partial charge in [-0.05, 0) is 31.0 Å². The molecular formula is C15H15ClN4OS. The Morgan fingerprint density at radius 2 is 2.09 bits per heavy atom. The Labute approximate surface area is 136 Å². The van der Waals surface area contributed by atoms with Gasteiger partial charge in [-0.2, -0.15) is 0 Å². The second-order valence-electron chi connectivity index (χ2n) is 5.53. The fourth-order valence-corrected chi connectivity index (χ4v) is 4.11. The second-order valence-corrected chi connectivity index (χ2v) is 7.03. The maximum Gasteiger partial charge on any atom is 0.318 e. The first-order chi connectivity index (χ1) is 10.7. The zero-order valence-corrected chi connectivity index (χ0v) is 13.7. The fourth-order valence-electron chi connectivity index (χ4n) is 2.82. The summed E-state index contributed by atoms with van der Waals surface area (Å²) in [4.78, 5) is 6.92. The predicted molar refractivity (Wildman–Crippen MR) is 87.9 cm³/mol. The zero-order chi connectivity index (χ0) is 15.1. The van der Waals surface area contributed by atoms with Crippen molar-refractivity contribution in [2.24, 2.45) is 0 Å². The van der Waals surface area contributed by atoms with Gasteiger partial charge in [-0.3, -0.25) is 0 Å². The summed E-state index contributed by atoms with van der Waals surface area (Å²) in [5, 5.41) is 9.94. The summed E-state index contributed by atoms with van der Waals surface area (Å²) in [5.41, 5.74) is 1.00. The van der Waals surface area contributed by atoms with E-state index in [2.05, 4.69) is 21.2 Å². The molecule has 7 heteroatoms. The number of aromatic nitrogens is 3. The van der Waals surface area contributed by atoms with Gasteiger partial charge in [0, 0.05) is 31.0 Å². The summed E-state index contributed by atoms with van der Waals surface area (Å²) < 4.78 is 6.70. The molecule has 1 fully saturated rings. The molecule has 0 atom stereocenters. The molecule has 1 aliphatic rings. The number of fused-ring (bicyclic) bond motifs is 1.